The maximum Gasteiger partial charge on any atom is 0.0424 e. The maximum absolute atomic E-state index is 10.3. The summed E-state index contributed by atoms with van der Waals surface area (Å²) in [6, 6.07) is 1.87. The van der Waals surface area contributed by atoms with Crippen LogP contribution in [0.2, 0.25) is 0 Å². The fourth-order valence-electron chi connectivity index (χ4n) is 1.29. The van der Waals surface area contributed by atoms with E-state index in [1.807, 2.05) is 25.1 Å². The Morgan fingerprint density at radius 2 is 2.29 bits per heavy atom. The molecule has 0 N–H and O–H groups in total. The molecule has 1 rings (SSSR count). The summed E-state index contributed by atoms with van der Waals surface area (Å²) in [5.41, 5.74) is 1.93. The lowest BCUT2D eigenvalue weighted by Gasteiger charge is -2.16. The molecule has 0 aliphatic rings. The largest absolute Gasteiger partial charge is 0.550 e. The molecule has 0 fully saturated rings. The second-order valence-corrected chi connectivity index (χ2v) is 3.27. The van der Waals surface area contributed by atoms with Crippen LogP contribution in [-0.4, -0.2) is 25.0 Å². The molecule has 4 nitrogen and oxygen atoms in total. The van der Waals surface area contributed by atoms with E-state index < -0.39 is 5.97 Å². The van der Waals surface area contributed by atoms with Crippen LogP contribution in [0.15, 0.2) is 18.5 Å². The van der Waals surface area contributed by atoms with E-state index in [0.717, 1.165) is 11.3 Å². The van der Waals surface area contributed by atoms with E-state index in [9.17, 15) is 9.90 Å². The molecule has 0 saturated heterocycles. The van der Waals surface area contributed by atoms with Crippen molar-refractivity contribution in [3.8, 4) is 0 Å². The molecule has 0 spiro atoms. The maximum atomic E-state index is 10.3. The Hall–Kier alpha value is -1.58. The first-order chi connectivity index (χ1) is 6.61. The fraction of sp³-hybridized carbons (Fsp3) is 0.400. The van der Waals surface area contributed by atoms with Crippen LogP contribution in [0, 0.1) is 0 Å². The molecule has 14 heavy (non-hydrogen) atoms. The number of hydrogen-bond acceptors (Lipinski definition) is 4. The van der Waals surface area contributed by atoms with Gasteiger partial charge in [-0.25, -0.2) is 0 Å². The number of aromatic nitrogens is 1. The monoisotopic (exact) mass is 193 g/mol. The van der Waals surface area contributed by atoms with Gasteiger partial charge >= 0.3 is 0 Å². The second kappa shape index (κ2) is 4.60. The number of pyridine rings is 1. The van der Waals surface area contributed by atoms with Gasteiger partial charge in [0, 0.05) is 38.1 Å². The Bertz CT molecular complexity index is 324. The van der Waals surface area contributed by atoms with Crippen LogP contribution in [0.5, 0.6) is 0 Å². The number of carboxylic acid groups (broad SMARTS) is 1. The van der Waals surface area contributed by atoms with Gasteiger partial charge in [0.25, 0.3) is 0 Å². The van der Waals surface area contributed by atoms with E-state index in [2.05, 4.69) is 4.98 Å². The van der Waals surface area contributed by atoms with Crippen molar-refractivity contribution < 1.29 is 9.90 Å². The van der Waals surface area contributed by atoms with Crippen molar-refractivity contribution in [2.45, 2.75) is 12.8 Å². The smallest absolute Gasteiger partial charge is 0.0424 e. The van der Waals surface area contributed by atoms with Crippen LogP contribution in [0.1, 0.15) is 12.0 Å². The third kappa shape index (κ3) is 2.73. The highest BCUT2D eigenvalue weighted by atomic mass is 16.4. The number of aliphatic carboxylic acids is 1. The number of aryl methyl sites for hydroxylation is 1. The summed E-state index contributed by atoms with van der Waals surface area (Å²) >= 11 is 0. The Labute approximate surface area is 83.2 Å². The lowest BCUT2D eigenvalue weighted by molar-refractivity contribution is -0.305. The molecule has 0 aromatic carbocycles. The molecule has 4 heteroatoms. The lowest BCUT2D eigenvalue weighted by atomic mass is 10.1. The zero-order chi connectivity index (χ0) is 10.6. The van der Waals surface area contributed by atoms with Crippen LogP contribution in [0.3, 0.4) is 0 Å². The highest BCUT2D eigenvalue weighted by Crippen LogP contribution is 2.17. The number of carboxylic acids is 1. The normalized spacial score (nSPS) is 9.86. The summed E-state index contributed by atoms with van der Waals surface area (Å²) in [5, 5.41) is 10.3. The van der Waals surface area contributed by atoms with Crippen molar-refractivity contribution in [1.82, 2.24) is 4.98 Å². The molecule has 76 valence electrons. The van der Waals surface area contributed by atoms with Crippen LogP contribution < -0.4 is 10.0 Å². The van der Waals surface area contributed by atoms with Crippen molar-refractivity contribution in [1.29, 1.82) is 0 Å². The zero-order valence-electron chi connectivity index (χ0n) is 8.36. The molecular weight excluding hydrogens is 180 g/mol. The van der Waals surface area contributed by atoms with Gasteiger partial charge < -0.3 is 14.8 Å². The van der Waals surface area contributed by atoms with E-state index in [4.69, 9.17) is 0 Å². The van der Waals surface area contributed by atoms with Gasteiger partial charge in [0.2, 0.25) is 0 Å². The molecule has 0 unspecified atom stereocenters. The predicted octanol–water partition coefficient (Wildman–Crippen LogP) is -0.170. The zero-order valence-corrected chi connectivity index (χ0v) is 8.36. The molecule has 1 aromatic rings. The highest BCUT2D eigenvalue weighted by molar-refractivity contribution is 5.65. The number of hydrogen-bond donors (Lipinski definition) is 0. The molecule has 0 radical (unpaired) electrons. The van der Waals surface area contributed by atoms with Gasteiger partial charge in [-0.2, -0.15) is 0 Å². The predicted molar refractivity (Wildman–Crippen MR) is 51.9 cm³/mol. The lowest BCUT2D eigenvalue weighted by Crippen LogP contribution is -2.23. The number of rotatable bonds is 4. The van der Waals surface area contributed by atoms with Gasteiger partial charge in [-0.15, -0.1) is 0 Å². The van der Waals surface area contributed by atoms with Gasteiger partial charge in [0.05, 0.1) is 0 Å². The SMILES string of the molecule is CN(C)c1ccncc1CCC(=O)[O-]. The van der Waals surface area contributed by atoms with Crippen molar-refractivity contribution in [3.63, 3.8) is 0 Å². The Kier molecular flexibility index (Phi) is 3.45. The van der Waals surface area contributed by atoms with E-state index in [0.29, 0.717) is 6.42 Å². The first-order valence-corrected chi connectivity index (χ1v) is 4.41. The first-order valence-electron chi connectivity index (χ1n) is 4.41. The van der Waals surface area contributed by atoms with Gasteiger partial charge in [-0.1, -0.05) is 0 Å². The van der Waals surface area contributed by atoms with Crippen molar-refractivity contribution >= 4 is 11.7 Å². The molecule has 1 aromatic heterocycles. The van der Waals surface area contributed by atoms with Crippen LogP contribution >= 0.6 is 0 Å². The molecule has 0 aliphatic heterocycles. The molecular formula is C10H13N2O2-. The Balaban J connectivity index is 2.79. The summed E-state index contributed by atoms with van der Waals surface area (Å²) in [4.78, 5) is 16.2. The van der Waals surface area contributed by atoms with Gasteiger partial charge in [-0.05, 0) is 24.5 Å². The van der Waals surface area contributed by atoms with Crippen molar-refractivity contribution in [3.05, 3.63) is 24.0 Å². The quantitative estimate of drug-likeness (QED) is 0.666. The average molecular weight is 193 g/mol. The molecule has 0 bridgehead atoms. The Morgan fingerprint density at radius 1 is 1.57 bits per heavy atom. The van der Waals surface area contributed by atoms with Gasteiger partial charge in [0.15, 0.2) is 0 Å². The van der Waals surface area contributed by atoms with Gasteiger partial charge in [0.1, 0.15) is 0 Å². The second-order valence-electron chi connectivity index (χ2n) is 3.27. The summed E-state index contributed by atoms with van der Waals surface area (Å²) in [6.45, 7) is 0. The van der Waals surface area contributed by atoms with E-state index in [1.165, 1.54) is 0 Å². The van der Waals surface area contributed by atoms with Crippen LogP contribution in [0.4, 0.5) is 5.69 Å². The third-order valence-electron chi connectivity index (χ3n) is 1.96. The minimum absolute atomic E-state index is 0.0343. The number of carbonyl (C=O) groups is 1. The van der Waals surface area contributed by atoms with Crippen molar-refractivity contribution in [2.75, 3.05) is 19.0 Å². The number of nitrogens with zero attached hydrogens (tertiary/aromatic N) is 2. The minimum atomic E-state index is -1.03. The minimum Gasteiger partial charge on any atom is -0.550 e. The van der Waals surface area contributed by atoms with Crippen LogP contribution in [-0.2, 0) is 11.2 Å². The third-order valence-corrected chi connectivity index (χ3v) is 1.96. The summed E-state index contributed by atoms with van der Waals surface area (Å²) in [6.07, 6.45) is 3.88. The molecule has 1 heterocycles. The summed E-state index contributed by atoms with van der Waals surface area (Å²) < 4.78 is 0. The summed E-state index contributed by atoms with van der Waals surface area (Å²) in [5.74, 6) is -1.03. The standard InChI is InChI=1S/C10H14N2O2/c1-12(2)9-5-6-11-7-8(9)3-4-10(13)14/h5-7H,3-4H2,1-2H3,(H,13,14)/p-1. The Morgan fingerprint density at radius 3 is 2.86 bits per heavy atom. The van der Waals surface area contributed by atoms with Gasteiger partial charge in [-0.3, -0.25) is 4.98 Å². The van der Waals surface area contributed by atoms with E-state index in [-0.39, 0.29) is 6.42 Å². The average Bonchev–Trinajstić information content (AvgIpc) is 2.15. The molecule has 0 aliphatic carbocycles. The number of carbonyl (C=O) groups excluding carboxylic acids is 1. The van der Waals surface area contributed by atoms with Crippen molar-refractivity contribution in [2.24, 2.45) is 0 Å². The molecule has 0 atom stereocenters. The highest BCUT2D eigenvalue weighted by Gasteiger charge is 2.03. The number of anilines is 1. The van der Waals surface area contributed by atoms with E-state index in [1.54, 1.807) is 12.4 Å². The molecule has 0 saturated carbocycles. The van der Waals surface area contributed by atoms with Crippen LogP contribution in [0.25, 0.3) is 0 Å². The van der Waals surface area contributed by atoms with E-state index >= 15 is 0 Å². The summed E-state index contributed by atoms with van der Waals surface area (Å²) in [7, 11) is 3.83. The topological polar surface area (TPSA) is 56.3 Å². The first kappa shape index (κ1) is 10.5. The molecule has 0 amide bonds. The fourth-order valence-corrected chi connectivity index (χ4v) is 1.29.